The van der Waals surface area contributed by atoms with E-state index >= 15 is 0 Å². The Morgan fingerprint density at radius 1 is 1.35 bits per heavy atom. The minimum Gasteiger partial charge on any atom is -0.364 e. The number of nitrogens with two attached hydrogens (primary N) is 1. The zero-order valence-corrected chi connectivity index (χ0v) is 16.3. The van der Waals surface area contributed by atoms with E-state index in [0.717, 1.165) is 17.8 Å². The molecule has 7 heteroatoms. The number of hydrogen-bond acceptors (Lipinski definition) is 4. The fraction of sp³-hybridized carbons (Fsp3) is 0.474. The van der Waals surface area contributed by atoms with Crippen molar-refractivity contribution in [2.75, 3.05) is 11.9 Å². The van der Waals surface area contributed by atoms with Crippen molar-refractivity contribution >= 4 is 24.1 Å². The van der Waals surface area contributed by atoms with Crippen LogP contribution >= 0.6 is 12.4 Å². The van der Waals surface area contributed by atoms with E-state index in [1.54, 1.807) is 4.68 Å². The summed E-state index contributed by atoms with van der Waals surface area (Å²) in [4.78, 5) is 12.6. The van der Waals surface area contributed by atoms with Gasteiger partial charge in [0.25, 0.3) is 5.91 Å². The molecule has 1 saturated heterocycles. The summed E-state index contributed by atoms with van der Waals surface area (Å²) in [5, 5.41) is 7.64. The molecule has 3 N–H and O–H groups in total. The van der Waals surface area contributed by atoms with Crippen molar-refractivity contribution in [3.63, 3.8) is 0 Å². The van der Waals surface area contributed by atoms with Crippen molar-refractivity contribution in [2.45, 2.75) is 51.7 Å². The molecule has 26 heavy (non-hydrogen) atoms. The average Bonchev–Trinajstić information content (AvgIpc) is 3.22. The number of benzene rings is 1. The Kier molecular flexibility index (Phi) is 6.81. The molecule has 1 fully saturated rings. The van der Waals surface area contributed by atoms with E-state index in [4.69, 9.17) is 10.5 Å². The highest BCUT2D eigenvalue weighted by Crippen LogP contribution is 2.24. The Bertz CT molecular complexity index is 742. The number of nitrogens with one attached hydrogen (secondary N) is 1. The molecule has 6 nitrogen and oxygen atoms in total. The summed E-state index contributed by atoms with van der Waals surface area (Å²) in [5.41, 5.74) is 8.66. The first-order valence-corrected chi connectivity index (χ1v) is 8.81. The third-order valence-corrected chi connectivity index (χ3v) is 4.51. The number of rotatable bonds is 5. The predicted molar refractivity (Wildman–Crippen MR) is 105 cm³/mol. The van der Waals surface area contributed by atoms with E-state index in [1.165, 1.54) is 5.56 Å². The van der Waals surface area contributed by atoms with E-state index in [1.807, 2.05) is 37.3 Å². The van der Waals surface area contributed by atoms with Gasteiger partial charge in [-0.05, 0) is 37.8 Å². The number of aryl methyl sites for hydroxylation is 1. The molecule has 0 bridgehead atoms. The Morgan fingerprint density at radius 2 is 2.04 bits per heavy atom. The number of ether oxygens (including phenoxy) is 1. The molecular formula is C19H27ClN4O2. The van der Waals surface area contributed by atoms with Crippen LogP contribution in [0.3, 0.4) is 0 Å². The van der Waals surface area contributed by atoms with E-state index in [2.05, 4.69) is 24.3 Å². The summed E-state index contributed by atoms with van der Waals surface area (Å²) in [5.74, 6) is 0.795. The molecular weight excluding hydrogens is 352 g/mol. The highest BCUT2D eigenvalue weighted by molar-refractivity contribution is 5.94. The molecule has 0 saturated carbocycles. The van der Waals surface area contributed by atoms with Crippen LogP contribution < -0.4 is 11.1 Å². The highest BCUT2D eigenvalue weighted by Gasteiger charge is 2.30. The molecule has 0 radical (unpaired) electrons. The van der Waals surface area contributed by atoms with Crippen molar-refractivity contribution in [3.05, 3.63) is 41.6 Å². The molecule has 2 aromatic rings. The first-order chi connectivity index (χ1) is 12.0. The summed E-state index contributed by atoms with van der Waals surface area (Å²) in [6.45, 7) is 6.65. The van der Waals surface area contributed by atoms with Gasteiger partial charge in [0, 0.05) is 12.6 Å². The summed E-state index contributed by atoms with van der Waals surface area (Å²) >= 11 is 0. The molecule has 3 rings (SSSR count). The normalized spacial score (nSPS) is 19.4. The zero-order chi connectivity index (χ0) is 18.0. The third-order valence-electron chi connectivity index (χ3n) is 4.51. The predicted octanol–water partition coefficient (Wildman–Crippen LogP) is 3.17. The first kappa shape index (κ1) is 20.4. The standard InChI is InChI=1S/C19H26N4O2.ClH/c1-12(2)16-10-18(21-19(24)17-9-8-15(11-20)25-17)23(22-16)14-6-4-13(3)5-7-14;/h4-7,10,12,15,17H,8-9,11,20H2,1-3H3,(H,21,24);1H/t15-,17+;/m1./s1. The van der Waals surface area contributed by atoms with Gasteiger partial charge in [0.1, 0.15) is 11.9 Å². The Labute approximate surface area is 160 Å². The van der Waals surface area contributed by atoms with Crippen molar-refractivity contribution in [1.29, 1.82) is 0 Å². The molecule has 2 atom stereocenters. The van der Waals surface area contributed by atoms with Crippen LogP contribution in [-0.2, 0) is 9.53 Å². The van der Waals surface area contributed by atoms with Crippen LogP contribution in [0.15, 0.2) is 30.3 Å². The van der Waals surface area contributed by atoms with Crippen molar-refractivity contribution in [2.24, 2.45) is 5.73 Å². The molecule has 1 aromatic carbocycles. The van der Waals surface area contributed by atoms with E-state index in [0.29, 0.717) is 18.8 Å². The van der Waals surface area contributed by atoms with Gasteiger partial charge in [-0.2, -0.15) is 5.10 Å². The van der Waals surface area contributed by atoms with E-state index < -0.39 is 6.10 Å². The Hall–Kier alpha value is -1.89. The molecule has 0 aliphatic carbocycles. The van der Waals surface area contributed by atoms with Gasteiger partial charge in [0.2, 0.25) is 0 Å². The Morgan fingerprint density at radius 3 is 2.62 bits per heavy atom. The van der Waals surface area contributed by atoms with Gasteiger partial charge in [-0.25, -0.2) is 4.68 Å². The van der Waals surface area contributed by atoms with Crippen LogP contribution in [0.25, 0.3) is 5.69 Å². The fourth-order valence-electron chi connectivity index (χ4n) is 2.93. The van der Waals surface area contributed by atoms with Crippen LogP contribution in [-0.4, -0.2) is 34.4 Å². The molecule has 1 aromatic heterocycles. The van der Waals surface area contributed by atoms with Gasteiger partial charge in [-0.1, -0.05) is 31.5 Å². The Balaban J connectivity index is 0.00000243. The number of anilines is 1. The van der Waals surface area contributed by atoms with Gasteiger partial charge in [0.05, 0.1) is 17.5 Å². The lowest BCUT2D eigenvalue weighted by Gasteiger charge is -2.14. The molecule has 0 spiro atoms. The van der Waals surface area contributed by atoms with Gasteiger partial charge in [-0.3, -0.25) is 4.79 Å². The number of amides is 1. The lowest BCUT2D eigenvalue weighted by molar-refractivity contribution is -0.126. The second-order valence-electron chi connectivity index (χ2n) is 6.91. The summed E-state index contributed by atoms with van der Waals surface area (Å²) in [6, 6.07) is 9.99. The fourth-order valence-corrected chi connectivity index (χ4v) is 2.93. The molecule has 2 heterocycles. The summed E-state index contributed by atoms with van der Waals surface area (Å²) in [7, 11) is 0. The largest absolute Gasteiger partial charge is 0.364 e. The van der Waals surface area contributed by atoms with Crippen LogP contribution in [0, 0.1) is 6.92 Å². The van der Waals surface area contributed by atoms with E-state index in [9.17, 15) is 4.79 Å². The number of carbonyl (C=O) groups excluding carboxylic acids is 1. The zero-order valence-electron chi connectivity index (χ0n) is 15.4. The second-order valence-corrected chi connectivity index (χ2v) is 6.91. The summed E-state index contributed by atoms with van der Waals surface area (Å²) in [6.07, 6.45) is 1.05. The quantitative estimate of drug-likeness (QED) is 0.837. The first-order valence-electron chi connectivity index (χ1n) is 8.81. The number of halogens is 1. The van der Waals surface area contributed by atoms with Crippen LogP contribution in [0.5, 0.6) is 0 Å². The maximum Gasteiger partial charge on any atom is 0.254 e. The molecule has 0 unspecified atom stereocenters. The number of hydrogen-bond donors (Lipinski definition) is 2. The molecule has 1 aliphatic rings. The minimum absolute atomic E-state index is 0. The number of carbonyl (C=O) groups is 1. The lowest BCUT2D eigenvalue weighted by atomic mass is 10.1. The molecule has 142 valence electrons. The van der Waals surface area contributed by atoms with Gasteiger partial charge < -0.3 is 15.8 Å². The maximum atomic E-state index is 12.6. The van der Waals surface area contributed by atoms with E-state index in [-0.39, 0.29) is 30.3 Å². The molecule has 1 aliphatic heterocycles. The van der Waals surface area contributed by atoms with Crippen molar-refractivity contribution in [1.82, 2.24) is 9.78 Å². The van der Waals surface area contributed by atoms with Crippen LogP contribution in [0.2, 0.25) is 0 Å². The lowest BCUT2D eigenvalue weighted by Crippen LogP contribution is -2.30. The second kappa shape index (κ2) is 8.66. The monoisotopic (exact) mass is 378 g/mol. The van der Waals surface area contributed by atoms with Gasteiger partial charge >= 0.3 is 0 Å². The number of nitrogens with zero attached hydrogens (tertiary/aromatic N) is 2. The maximum absolute atomic E-state index is 12.6. The summed E-state index contributed by atoms with van der Waals surface area (Å²) < 4.78 is 7.47. The van der Waals surface area contributed by atoms with Crippen molar-refractivity contribution in [3.8, 4) is 5.69 Å². The van der Waals surface area contributed by atoms with Crippen LogP contribution in [0.1, 0.15) is 43.9 Å². The van der Waals surface area contributed by atoms with Gasteiger partial charge in [0.15, 0.2) is 0 Å². The van der Waals surface area contributed by atoms with Crippen molar-refractivity contribution < 1.29 is 9.53 Å². The highest BCUT2D eigenvalue weighted by atomic mass is 35.5. The van der Waals surface area contributed by atoms with Gasteiger partial charge in [-0.15, -0.1) is 12.4 Å². The number of aromatic nitrogens is 2. The third kappa shape index (κ3) is 4.44. The SMILES string of the molecule is Cc1ccc(-n2nc(C(C)C)cc2NC(=O)[C@@H]2CC[C@H](CN)O2)cc1.Cl. The molecule has 1 amide bonds. The average molecular weight is 379 g/mol. The van der Waals surface area contributed by atoms with Crippen LogP contribution in [0.4, 0.5) is 5.82 Å². The smallest absolute Gasteiger partial charge is 0.254 e. The topological polar surface area (TPSA) is 82.2 Å². The minimum atomic E-state index is -0.447.